The molecule has 0 atom stereocenters. The van der Waals surface area contributed by atoms with Crippen molar-refractivity contribution >= 4 is 29.3 Å². The van der Waals surface area contributed by atoms with Gasteiger partial charge in [-0.3, -0.25) is 9.59 Å². The third kappa shape index (κ3) is 8.36. The molecule has 6 N–H and O–H groups in total. The predicted molar refractivity (Wildman–Crippen MR) is 97.2 cm³/mol. The van der Waals surface area contributed by atoms with Crippen molar-refractivity contribution in [3.05, 3.63) is 60.7 Å². The standard InChI is InChI=1S/C12H12N2.C6H8O7/c1-3-7-11(8-4-1)13-14-12-9-5-2-6-10-12;7-3(8)1-6(13,5(11)12)2-4(9)10/h1-10,13-14H;13H,1-2H2,(H,7,8)(H,9,10)(H,11,12). The Morgan fingerprint density at radius 1 is 0.704 bits per heavy atom. The number of hydrazine groups is 1. The van der Waals surface area contributed by atoms with Gasteiger partial charge in [-0.25, -0.2) is 4.79 Å². The highest BCUT2D eigenvalue weighted by atomic mass is 16.4. The molecule has 9 heteroatoms. The number of hydrogen-bond acceptors (Lipinski definition) is 6. The number of aliphatic hydroxyl groups is 1. The highest BCUT2D eigenvalue weighted by Crippen LogP contribution is 2.15. The molecule has 2 aromatic rings. The van der Waals surface area contributed by atoms with Gasteiger partial charge in [0.05, 0.1) is 24.2 Å². The number of anilines is 2. The van der Waals surface area contributed by atoms with Crippen LogP contribution < -0.4 is 10.9 Å². The van der Waals surface area contributed by atoms with Crippen LogP contribution in [0.25, 0.3) is 0 Å². The van der Waals surface area contributed by atoms with Crippen LogP contribution in [0.2, 0.25) is 0 Å². The minimum atomic E-state index is -2.74. The number of rotatable bonds is 8. The molecular formula is C18H20N2O7. The number of carboxylic acids is 3. The molecule has 0 aromatic heterocycles. The van der Waals surface area contributed by atoms with E-state index in [1.165, 1.54) is 0 Å². The largest absolute Gasteiger partial charge is 0.481 e. The van der Waals surface area contributed by atoms with E-state index in [4.69, 9.17) is 20.4 Å². The molecule has 0 unspecified atom stereocenters. The van der Waals surface area contributed by atoms with Gasteiger partial charge in [-0.15, -0.1) is 0 Å². The first-order valence-corrected chi connectivity index (χ1v) is 7.74. The normalized spacial score (nSPS) is 10.1. The van der Waals surface area contributed by atoms with Gasteiger partial charge in [0.25, 0.3) is 0 Å². The van der Waals surface area contributed by atoms with E-state index in [0.29, 0.717) is 0 Å². The van der Waals surface area contributed by atoms with Gasteiger partial charge >= 0.3 is 17.9 Å². The number of aliphatic carboxylic acids is 3. The molecule has 9 nitrogen and oxygen atoms in total. The summed E-state index contributed by atoms with van der Waals surface area (Å²) in [6.45, 7) is 0. The summed E-state index contributed by atoms with van der Waals surface area (Å²) in [5.41, 5.74) is 5.59. The fraction of sp³-hybridized carbons (Fsp3) is 0.167. The Bertz CT molecular complexity index is 695. The van der Waals surface area contributed by atoms with Crippen LogP contribution >= 0.6 is 0 Å². The van der Waals surface area contributed by atoms with Crippen LogP contribution in [-0.2, 0) is 14.4 Å². The summed E-state index contributed by atoms with van der Waals surface area (Å²) in [6, 6.07) is 20.0. The predicted octanol–water partition coefficient (Wildman–Crippen LogP) is 1.88. The average molecular weight is 376 g/mol. The summed E-state index contributed by atoms with van der Waals surface area (Å²) in [5, 5.41) is 33.8. The van der Waals surface area contributed by atoms with Gasteiger partial charge in [0, 0.05) is 0 Å². The monoisotopic (exact) mass is 376 g/mol. The van der Waals surface area contributed by atoms with Crippen LogP contribution in [0, 0.1) is 0 Å². The first-order valence-electron chi connectivity index (χ1n) is 7.74. The van der Waals surface area contributed by atoms with Gasteiger partial charge in [-0.05, 0) is 24.3 Å². The fourth-order valence-electron chi connectivity index (χ4n) is 1.90. The lowest BCUT2D eigenvalue weighted by Gasteiger charge is -2.18. The van der Waals surface area contributed by atoms with E-state index in [-0.39, 0.29) is 0 Å². The molecule has 0 bridgehead atoms. The second-order valence-electron chi connectivity index (χ2n) is 5.46. The second-order valence-corrected chi connectivity index (χ2v) is 5.46. The van der Waals surface area contributed by atoms with Gasteiger partial charge in [0.15, 0.2) is 5.60 Å². The van der Waals surface area contributed by atoms with Crippen molar-refractivity contribution in [1.29, 1.82) is 0 Å². The van der Waals surface area contributed by atoms with Crippen LogP contribution in [-0.4, -0.2) is 43.9 Å². The summed E-state index contributed by atoms with van der Waals surface area (Å²) in [4.78, 5) is 30.5. The lowest BCUT2D eigenvalue weighted by molar-refractivity contribution is -0.170. The van der Waals surface area contributed by atoms with Gasteiger partial charge in [0.1, 0.15) is 0 Å². The molecular weight excluding hydrogens is 356 g/mol. The Balaban J connectivity index is 0.000000271. The first kappa shape index (κ1) is 21.5. The maximum Gasteiger partial charge on any atom is 0.336 e. The summed E-state index contributed by atoms with van der Waals surface area (Å²) >= 11 is 0. The first-order chi connectivity index (χ1) is 12.7. The molecule has 0 radical (unpaired) electrons. The van der Waals surface area contributed by atoms with E-state index < -0.39 is 36.4 Å². The quantitative estimate of drug-likeness (QED) is 0.379. The Morgan fingerprint density at radius 2 is 1.04 bits per heavy atom. The van der Waals surface area contributed by atoms with Gasteiger partial charge in [0.2, 0.25) is 0 Å². The van der Waals surface area contributed by atoms with Crippen molar-refractivity contribution in [3.63, 3.8) is 0 Å². The third-order valence-corrected chi connectivity index (χ3v) is 3.18. The Labute approximate surface area is 154 Å². The molecule has 0 amide bonds. The van der Waals surface area contributed by atoms with Crippen LogP contribution in [0.5, 0.6) is 0 Å². The van der Waals surface area contributed by atoms with E-state index in [2.05, 4.69) is 10.9 Å². The van der Waals surface area contributed by atoms with Crippen LogP contribution in [0.1, 0.15) is 12.8 Å². The fourth-order valence-corrected chi connectivity index (χ4v) is 1.90. The molecule has 0 spiro atoms. The van der Waals surface area contributed by atoms with Gasteiger partial charge < -0.3 is 31.3 Å². The molecule has 0 heterocycles. The lowest BCUT2D eigenvalue weighted by Crippen LogP contribution is -2.42. The molecule has 2 aromatic carbocycles. The lowest BCUT2D eigenvalue weighted by atomic mass is 9.96. The van der Waals surface area contributed by atoms with Crippen molar-refractivity contribution in [3.8, 4) is 0 Å². The van der Waals surface area contributed by atoms with Crippen molar-refractivity contribution in [2.45, 2.75) is 18.4 Å². The molecule has 0 aliphatic carbocycles. The van der Waals surface area contributed by atoms with E-state index in [9.17, 15) is 14.4 Å². The Morgan fingerprint density at radius 3 is 1.30 bits per heavy atom. The molecule has 0 saturated carbocycles. The maximum atomic E-state index is 10.3. The highest BCUT2D eigenvalue weighted by molar-refractivity contribution is 5.88. The SMILES string of the molecule is O=C(O)CC(O)(CC(=O)O)C(=O)O.c1ccc(NNc2ccccc2)cc1. The Kier molecular flexibility index (Phi) is 8.27. The van der Waals surface area contributed by atoms with Crippen molar-refractivity contribution < 1.29 is 34.8 Å². The second kappa shape index (κ2) is 10.4. The van der Waals surface area contributed by atoms with E-state index in [0.717, 1.165) is 11.4 Å². The van der Waals surface area contributed by atoms with Crippen LogP contribution in [0.15, 0.2) is 60.7 Å². The number of nitrogens with one attached hydrogen (secondary N) is 2. The zero-order valence-corrected chi connectivity index (χ0v) is 14.2. The molecule has 2 rings (SSSR count). The molecule has 0 aliphatic heterocycles. The summed E-state index contributed by atoms with van der Waals surface area (Å²) in [5.74, 6) is -5.02. The molecule has 27 heavy (non-hydrogen) atoms. The van der Waals surface area contributed by atoms with Gasteiger partial charge in [-0.1, -0.05) is 36.4 Å². The van der Waals surface area contributed by atoms with Crippen molar-refractivity contribution in [2.75, 3.05) is 10.9 Å². The number of carbonyl (C=O) groups is 3. The molecule has 0 fully saturated rings. The Hall–Kier alpha value is -3.59. The van der Waals surface area contributed by atoms with Gasteiger partial charge in [-0.2, -0.15) is 0 Å². The van der Waals surface area contributed by atoms with Crippen molar-refractivity contribution in [2.24, 2.45) is 0 Å². The van der Waals surface area contributed by atoms with Crippen LogP contribution in [0.4, 0.5) is 11.4 Å². The topological polar surface area (TPSA) is 156 Å². The third-order valence-electron chi connectivity index (χ3n) is 3.18. The molecule has 0 saturated heterocycles. The minimum absolute atomic E-state index is 1.05. The molecule has 144 valence electrons. The molecule has 0 aliphatic rings. The number of para-hydroxylation sites is 2. The van der Waals surface area contributed by atoms with E-state index >= 15 is 0 Å². The number of benzene rings is 2. The van der Waals surface area contributed by atoms with E-state index in [1.54, 1.807) is 0 Å². The summed E-state index contributed by atoms with van der Waals surface area (Å²) in [6.07, 6.45) is -2.29. The average Bonchev–Trinajstić information content (AvgIpc) is 2.61. The zero-order valence-electron chi connectivity index (χ0n) is 14.2. The number of carboxylic acid groups (broad SMARTS) is 3. The van der Waals surface area contributed by atoms with Crippen LogP contribution in [0.3, 0.4) is 0 Å². The van der Waals surface area contributed by atoms with Crippen molar-refractivity contribution in [1.82, 2.24) is 0 Å². The summed E-state index contributed by atoms with van der Waals surface area (Å²) in [7, 11) is 0. The van der Waals surface area contributed by atoms with E-state index in [1.807, 2.05) is 60.7 Å². The summed E-state index contributed by atoms with van der Waals surface area (Å²) < 4.78 is 0. The smallest absolute Gasteiger partial charge is 0.336 e. The highest BCUT2D eigenvalue weighted by Gasteiger charge is 2.40. The maximum absolute atomic E-state index is 10.3. The number of hydrogen-bond donors (Lipinski definition) is 6. The minimum Gasteiger partial charge on any atom is -0.481 e. The zero-order chi connectivity index (χ0) is 20.3.